The molecular formula is C7H15N3O2S. The van der Waals surface area contributed by atoms with E-state index in [1.54, 1.807) is 13.0 Å². The summed E-state index contributed by atoms with van der Waals surface area (Å²) in [4.78, 5) is 0. The van der Waals surface area contributed by atoms with Crippen molar-refractivity contribution in [2.24, 2.45) is 5.73 Å². The molecule has 0 aliphatic rings. The van der Waals surface area contributed by atoms with Gasteiger partial charge in [-0.05, 0) is 19.4 Å². The minimum absolute atomic E-state index is 0.300. The number of rotatable bonds is 6. The van der Waals surface area contributed by atoms with E-state index < -0.39 is 15.3 Å². The van der Waals surface area contributed by atoms with Crippen LogP contribution in [0.2, 0.25) is 0 Å². The Labute approximate surface area is 79.0 Å². The van der Waals surface area contributed by atoms with Gasteiger partial charge in [-0.15, -0.1) is 0 Å². The van der Waals surface area contributed by atoms with Gasteiger partial charge in [0.25, 0.3) is 0 Å². The molecule has 5 nitrogen and oxygen atoms in total. The van der Waals surface area contributed by atoms with Crippen molar-refractivity contribution in [1.82, 2.24) is 4.72 Å². The van der Waals surface area contributed by atoms with E-state index in [4.69, 9.17) is 11.0 Å². The van der Waals surface area contributed by atoms with E-state index in [0.29, 0.717) is 25.9 Å². The quantitative estimate of drug-likeness (QED) is 0.574. The van der Waals surface area contributed by atoms with E-state index in [1.807, 2.05) is 0 Å². The van der Waals surface area contributed by atoms with Gasteiger partial charge in [-0.3, -0.25) is 0 Å². The van der Waals surface area contributed by atoms with Gasteiger partial charge in [0.05, 0.1) is 6.07 Å². The lowest BCUT2D eigenvalue weighted by atomic mass is 10.4. The number of hydrogen-bond acceptors (Lipinski definition) is 4. The zero-order chi connectivity index (χ0) is 10.3. The molecular weight excluding hydrogens is 190 g/mol. The van der Waals surface area contributed by atoms with Crippen molar-refractivity contribution < 1.29 is 8.42 Å². The van der Waals surface area contributed by atoms with E-state index in [9.17, 15) is 8.42 Å². The van der Waals surface area contributed by atoms with Crippen LogP contribution in [0.25, 0.3) is 0 Å². The first-order valence-corrected chi connectivity index (χ1v) is 5.71. The molecule has 0 bridgehead atoms. The number of nitrogens with zero attached hydrogens (tertiary/aromatic N) is 1. The lowest BCUT2D eigenvalue weighted by Gasteiger charge is -2.08. The molecule has 0 fully saturated rings. The van der Waals surface area contributed by atoms with Crippen LogP contribution in [-0.2, 0) is 10.0 Å². The van der Waals surface area contributed by atoms with Crippen LogP contribution in [0.15, 0.2) is 0 Å². The van der Waals surface area contributed by atoms with Crippen LogP contribution < -0.4 is 10.5 Å². The molecule has 0 heterocycles. The number of nitriles is 1. The Hall–Kier alpha value is -0.640. The summed E-state index contributed by atoms with van der Waals surface area (Å²) < 4.78 is 24.9. The number of sulfonamides is 1. The molecule has 0 saturated carbocycles. The standard InChI is InChI=1S/C7H15N3O2S/c1-2-7(6-9)13(11,12)10-5-3-4-8/h7,10H,2-5,8H2,1H3. The van der Waals surface area contributed by atoms with Crippen LogP contribution in [0.1, 0.15) is 19.8 Å². The van der Waals surface area contributed by atoms with Crippen LogP contribution in [0, 0.1) is 11.3 Å². The second-order valence-electron chi connectivity index (χ2n) is 2.61. The fourth-order valence-corrected chi connectivity index (χ4v) is 2.00. The lowest BCUT2D eigenvalue weighted by Crippen LogP contribution is -2.34. The van der Waals surface area contributed by atoms with Gasteiger partial charge < -0.3 is 5.73 Å². The summed E-state index contributed by atoms with van der Waals surface area (Å²) in [5.41, 5.74) is 5.20. The van der Waals surface area contributed by atoms with Crippen LogP contribution in [0.5, 0.6) is 0 Å². The van der Waals surface area contributed by atoms with Crippen molar-refractivity contribution in [2.45, 2.75) is 25.0 Å². The van der Waals surface area contributed by atoms with Crippen LogP contribution in [0.3, 0.4) is 0 Å². The molecule has 0 amide bonds. The maximum atomic E-state index is 11.3. The third kappa shape index (κ3) is 4.22. The molecule has 0 rings (SSSR count). The topological polar surface area (TPSA) is 96.0 Å². The summed E-state index contributed by atoms with van der Waals surface area (Å²) in [6, 6.07) is 1.74. The average molecular weight is 205 g/mol. The zero-order valence-electron chi connectivity index (χ0n) is 7.66. The van der Waals surface area contributed by atoms with Crippen LogP contribution in [0.4, 0.5) is 0 Å². The summed E-state index contributed by atoms with van der Waals surface area (Å²) >= 11 is 0. The first kappa shape index (κ1) is 12.4. The van der Waals surface area contributed by atoms with Gasteiger partial charge in [-0.1, -0.05) is 6.92 Å². The SMILES string of the molecule is CCC(C#N)S(=O)(=O)NCCCN. The third-order valence-corrected chi connectivity index (χ3v) is 3.37. The maximum absolute atomic E-state index is 11.3. The minimum atomic E-state index is -3.46. The molecule has 0 aliphatic carbocycles. The smallest absolute Gasteiger partial charge is 0.227 e. The molecule has 0 aromatic carbocycles. The summed E-state index contributed by atoms with van der Waals surface area (Å²) in [6.45, 7) is 2.40. The summed E-state index contributed by atoms with van der Waals surface area (Å²) in [7, 11) is -3.46. The zero-order valence-corrected chi connectivity index (χ0v) is 8.47. The van der Waals surface area contributed by atoms with Gasteiger partial charge in [0.2, 0.25) is 10.0 Å². The highest BCUT2D eigenvalue weighted by atomic mass is 32.2. The largest absolute Gasteiger partial charge is 0.330 e. The molecule has 0 saturated heterocycles. The molecule has 3 N–H and O–H groups in total. The van der Waals surface area contributed by atoms with E-state index >= 15 is 0 Å². The van der Waals surface area contributed by atoms with E-state index in [0.717, 1.165) is 0 Å². The van der Waals surface area contributed by atoms with Gasteiger partial charge in [0.1, 0.15) is 0 Å². The molecule has 0 aromatic rings. The second-order valence-corrected chi connectivity index (χ2v) is 4.56. The Morgan fingerprint density at radius 3 is 2.62 bits per heavy atom. The summed E-state index contributed by atoms with van der Waals surface area (Å²) in [5, 5.41) is 7.57. The molecule has 1 unspecified atom stereocenters. The first-order chi connectivity index (χ1) is 6.08. The normalized spacial score (nSPS) is 13.6. The third-order valence-electron chi connectivity index (χ3n) is 1.57. The predicted molar refractivity (Wildman–Crippen MR) is 50.3 cm³/mol. The first-order valence-electron chi connectivity index (χ1n) is 4.16. The van der Waals surface area contributed by atoms with Crippen LogP contribution in [-0.4, -0.2) is 26.8 Å². The Bertz CT molecular complexity index is 268. The summed E-state index contributed by atoms with van der Waals surface area (Å²) in [5.74, 6) is 0. The number of hydrogen-bond donors (Lipinski definition) is 2. The maximum Gasteiger partial charge on any atom is 0.227 e. The number of nitrogens with two attached hydrogens (primary N) is 1. The molecule has 0 spiro atoms. The van der Waals surface area contributed by atoms with E-state index in [-0.39, 0.29) is 0 Å². The predicted octanol–water partition coefficient (Wildman–Crippen LogP) is -0.443. The highest BCUT2D eigenvalue weighted by Crippen LogP contribution is 2.01. The number of nitrogens with one attached hydrogen (secondary N) is 1. The highest BCUT2D eigenvalue weighted by Gasteiger charge is 2.21. The molecule has 0 radical (unpaired) electrons. The van der Waals surface area contributed by atoms with E-state index in [1.165, 1.54) is 0 Å². The van der Waals surface area contributed by atoms with Gasteiger partial charge in [-0.25, -0.2) is 13.1 Å². The monoisotopic (exact) mass is 205 g/mol. The van der Waals surface area contributed by atoms with Gasteiger partial charge in [0, 0.05) is 6.54 Å². The van der Waals surface area contributed by atoms with Gasteiger partial charge >= 0.3 is 0 Å². The van der Waals surface area contributed by atoms with Crippen molar-refractivity contribution in [1.29, 1.82) is 5.26 Å². The minimum Gasteiger partial charge on any atom is -0.330 e. The van der Waals surface area contributed by atoms with Gasteiger partial charge in [-0.2, -0.15) is 5.26 Å². The Kier molecular flexibility index (Phi) is 5.62. The van der Waals surface area contributed by atoms with Gasteiger partial charge in [0.15, 0.2) is 5.25 Å². The molecule has 0 aliphatic heterocycles. The van der Waals surface area contributed by atoms with Crippen molar-refractivity contribution in [3.8, 4) is 6.07 Å². The fraction of sp³-hybridized carbons (Fsp3) is 0.857. The van der Waals surface area contributed by atoms with Crippen molar-refractivity contribution >= 4 is 10.0 Å². The fourth-order valence-electron chi connectivity index (χ4n) is 0.797. The van der Waals surface area contributed by atoms with Crippen molar-refractivity contribution in [3.63, 3.8) is 0 Å². The van der Waals surface area contributed by atoms with Crippen molar-refractivity contribution in [3.05, 3.63) is 0 Å². The molecule has 6 heteroatoms. The van der Waals surface area contributed by atoms with E-state index in [2.05, 4.69) is 4.72 Å². The van der Waals surface area contributed by atoms with Crippen molar-refractivity contribution in [2.75, 3.05) is 13.1 Å². The summed E-state index contributed by atoms with van der Waals surface area (Å²) in [6.07, 6.45) is 0.884. The van der Waals surface area contributed by atoms with Crippen LogP contribution >= 0.6 is 0 Å². The lowest BCUT2D eigenvalue weighted by molar-refractivity contribution is 0.570. The molecule has 76 valence electrons. The molecule has 13 heavy (non-hydrogen) atoms. The Morgan fingerprint density at radius 1 is 1.62 bits per heavy atom. The highest BCUT2D eigenvalue weighted by molar-refractivity contribution is 7.90. The molecule has 0 aromatic heterocycles. The average Bonchev–Trinajstić information content (AvgIpc) is 2.06. The molecule has 1 atom stereocenters. The Balaban J connectivity index is 4.16. The second kappa shape index (κ2) is 5.91. The Morgan fingerprint density at radius 2 is 2.23 bits per heavy atom.